The van der Waals surface area contributed by atoms with E-state index in [0.717, 1.165) is 18.7 Å². The average Bonchev–Trinajstić information content (AvgIpc) is 2.21. The molecule has 3 nitrogen and oxygen atoms in total. The molecule has 0 spiro atoms. The Morgan fingerprint density at radius 2 is 2.29 bits per heavy atom. The van der Waals surface area contributed by atoms with E-state index in [0.29, 0.717) is 12.0 Å². The molecule has 0 amide bonds. The molecule has 2 unspecified atom stereocenters. The van der Waals surface area contributed by atoms with Gasteiger partial charge in [-0.3, -0.25) is 4.98 Å². The maximum Gasteiger partial charge on any atom is 0.0575 e. The van der Waals surface area contributed by atoms with Gasteiger partial charge in [0.15, 0.2) is 0 Å². The minimum absolute atomic E-state index is 0.305. The molecule has 0 aromatic carbocycles. The third-order valence-electron chi connectivity index (χ3n) is 2.51. The molecule has 3 heteroatoms. The smallest absolute Gasteiger partial charge is 0.0575 e. The van der Waals surface area contributed by atoms with Crippen molar-refractivity contribution in [2.45, 2.75) is 19.4 Å². The molecule has 14 heavy (non-hydrogen) atoms. The number of hydrogen-bond donors (Lipinski definition) is 2. The molecule has 2 atom stereocenters. The van der Waals surface area contributed by atoms with Crippen LogP contribution in [0.1, 0.15) is 25.1 Å². The molecule has 0 fully saturated rings. The summed E-state index contributed by atoms with van der Waals surface area (Å²) in [5.41, 5.74) is 6.65. The fraction of sp³-hybridized carbons (Fsp3) is 0.545. The van der Waals surface area contributed by atoms with Gasteiger partial charge in [-0.15, -0.1) is 0 Å². The van der Waals surface area contributed by atoms with E-state index in [4.69, 9.17) is 5.73 Å². The van der Waals surface area contributed by atoms with Crippen molar-refractivity contribution in [2.75, 3.05) is 13.6 Å². The van der Waals surface area contributed by atoms with Gasteiger partial charge in [0.1, 0.15) is 0 Å². The molecule has 1 aromatic rings. The Labute approximate surface area is 85.7 Å². The molecule has 1 rings (SSSR count). The van der Waals surface area contributed by atoms with Crippen LogP contribution in [-0.2, 0) is 0 Å². The fourth-order valence-electron chi connectivity index (χ4n) is 1.71. The van der Waals surface area contributed by atoms with Crippen molar-refractivity contribution < 1.29 is 0 Å². The minimum Gasteiger partial charge on any atom is -0.330 e. The Morgan fingerprint density at radius 3 is 2.79 bits per heavy atom. The van der Waals surface area contributed by atoms with Gasteiger partial charge < -0.3 is 11.1 Å². The highest BCUT2D eigenvalue weighted by Crippen LogP contribution is 2.21. The third-order valence-corrected chi connectivity index (χ3v) is 2.51. The van der Waals surface area contributed by atoms with Gasteiger partial charge in [0, 0.05) is 6.20 Å². The van der Waals surface area contributed by atoms with Crippen molar-refractivity contribution in [3.8, 4) is 0 Å². The van der Waals surface area contributed by atoms with Crippen molar-refractivity contribution in [1.82, 2.24) is 10.3 Å². The number of pyridine rings is 1. The molecule has 0 aliphatic rings. The largest absolute Gasteiger partial charge is 0.330 e. The van der Waals surface area contributed by atoms with Gasteiger partial charge in [0.25, 0.3) is 0 Å². The highest BCUT2D eigenvalue weighted by molar-refractivity contribution is 5.09. The number of nitrogens with one attached hydrogen (secondary N) is 1. The number of nitrogens with zero attached hydrogens (tertiary/aromatic N) is 1. The molecular formula is C11H19N3. The summed E-state index contributed by atoms with van der Waals surface area (Å²) in [6, 6.07) is 6.31. The second kappa shape index (κ2) is 5.73. The van der Waals surface area contributed by atoms with Gasteiger partial charge in [0.2, 0.25) is 0 Å². The Balaban J connectivity index is 2.71. The summed E-state index contributed by atoms with van der Waals surface area (Å²) in [5.74, 6) is 0.514. The summed E-state index contributed by atoms with van der Waals surface area (Å²) in [6.45, 7) is 2.93. The van der Waals surface area contributed by atoms with E-state index in [2.05, 4.69) is 17.2 Å². The van der Waals surface area contributed by atoms with E-state index in [9.17, 15) is 0 Å². The van der Waals surface area contributed by atoms with Crippen LogP contribution in [0.4, 0.5) is 0 Å². The zero-order valence-electron chi connectivity index (χ0n) is 8.90. The first-order chi connectivity index (χ1) is 6.79. The number of aromatic nitrogens is 1. The predicted molar refractivity (Wildman–Crippen MR) is 58.9 cm³/mol. The average molecular weight is 193 g/mol. The SMILES string of the molecule is CNC(c1ccccn1)C(C)CCN. The van der Waals surface area contributed by atoms with Crippen molar-refractivity contribution in [1.29, 1.82) is 0 Å². The van der Waals surface area contributed by atoms with Crippen LogP contribution >= 0.6 is 0 Å². The standard InChI is InChI=1S/C11H19N3/c1-9(6-7-12)11(13-2)10-5-3-4-8-14-10/h3-5,8-9,11,13H,6-7,12H2,1-2H3. The van der Waals surface area contributed by atoms with Crippen LogP contribution in [0.25, 0.3) is 0 Å². The van der Waals surface area contributed by atoms with Gasteiger partial charge >= 0.3 is 0 Å². The maximum atomic E-state index is 5.55. The molecule has 0 radical (unpaired) electrons. The Bertz CT molecular complexity index is 248. The van der Waals surface area contributed by atoms with Crippen molar-refractivity contribution in [2.24, 2.45) is 11.7 Å². The Morgan fingerprint density at radius 1 is 1.50 bits per heavy atom. The van der Waals surface area contributed by atoms with E-state index in [1.54, 1.807) is 0 Å². The van der Waals surface area contributed by atoms with Gasteiger partial charge in [-0.05, 0) is 38.1 Å². The highest BCUT2D eigenvalue weighted by Gasteiger charge is 2.17. The topological polar surface area (TPSA) is 50.9 Å². The van der Waals surface area contributed by atoms with E-state index >= 15 is 0 Å². The van der Waals surface area contributed by atoms with E-state index in [1.807, 2.05) is 31.4 Å². The lowest BCUT2D eigenvalue weighted by atomic mass is 9.95. The van der Waals surface area contributed by atoms with Crippen LogP contribution in [0.3, 0.4) is 0 Å². The second-order valence-electron chi connectivity index (χ2n) is 3.58. The summed E-state index contributed by atoms with van der Waals surface area (Å²) in [6.07, 6.45) is 2.84. The highest BCUT2D eigenvalue weighted by atomic mass is 14.9. The summed E-state index contributed by atoms with van der Waals surface area (Å²) < 4.78 is 0. The molecule has 0 aliphatic heterocycles. The summed E-state index contributed by atoms with van der Waals surface area (Å²) >= 11 is 0. The van der Waals surface area contributed by atoms with Crippen LogP contribution in [0.5, 0.6) is 0 Å². The lowest BCUT2D eigenvalue weighted by Gasteiger charge is -2.22. The normalized spacial score (nSPS) is 15.1. The lowest BCUT2D eigenvalue weighted by molar-refractivity contribution is 0.384. The molecule has 3 N–H and O–H groups in total. The summed E-state index contributed by atoms with van der Waals surface area (Å²) in [5, 5.41) is 3.28. The van der Waals surface area contributed by atoms with Gasteiger partial charge in [-0.1, -0.05) is 13.0 Å². The van der Waals surface area contributed by atoms with E-state index < -0.39 is 0 Å². The number of rotatable bonds is 5. The third kappa shape index (κ3) is 2.79. The van der Waals surface area contributed by atoms with Gasteiger partial charge in [-0.25, -0.2) is 0 Å². The van der Waals surface area contributed by atoms with Crippen LogP contribution in [0, 0.1) is 5.92 Å². The molecule has 78 valence electrons. The molecule has 0 aliphatic carbocycles. The van der Waals surface area contributed by atoms with Crippen LogP contribution in [-0.4, -0.2) is 18.6 Å². The first-order valence-corrected chi connectivity index (χ1v) is 5.08. The molecular weight excluding hydrogens is 174 g/mol. The van der Waals surface area contributed by atoms with E-state index in [1.165, 1.54) is 0 Å². The van der Waals surface area contributed by atoms with Gasteiger partial charge in [-0.2, -0.15) is 0 Å². The Kier molecular flexibility index (Phi) is 4.56. The first kappa shape index (κ1) is 11.1. The quantitative estimate of drug-likeness (QED) is 0.741. The zero-order chi connectivity index (χ0) is 10.4. The minimum atomic E-state index is 0.305. The van der Waals surface area contributed by atoms with Crippen molar-refractivity contribution in [3.63, 3.8) is 0 Å². The van der Waals surface area contributed by atoms with Gasteiger partial charge in [0.05, 0.1) is 11.7 Å². The van der Waals surface area contributed by atoms with Crippen LogP contribution in [0.2, 0.25) is 0 Å². The first-order valence-electron chi connectivity index (χ1n) is 5.08. The monoisotopic (exact) mass is 193 g/mol. The molecule has 0 bridgehead atoms. The van der Waals surface area contributed by atoms with Crippen LogP contribution < -0.4 is 11.1 Å². The molecule has 0 saturated carbocycles. The van der Waals surface area contributed by atoms with Crippen molar-refractivity contribution >= 4 is 0 Å². The lowest BCUT2D eigenvalue weighted by Crippen LogP contribution is -2.26. The Hall–Kier alpha value is -0.930. The number of hydrogen-bond acceptors (Lipinski definition) is 3. The maximum absolute atomic E-state index is 5.55. The molecule has 1 aromatic heterocycles. The fourth-order valence-corrected chi connectivity index (χ4v) is 1.71. The van der Waals surface area contributed by atoms with E-state index in [-0.39, 0.29) is 0 Å². The van der Waals surface area contributed by atoms with Crippen LogP contribution in [0.15, 0.2) is 24.4 Å². The number of nitrogens with two attached hydrogens (primary N) is 1. The molecule has 1 heterocycles. The molecule has 0 saturated heterocycles. The summed E-state index contributed by atoms with van der Waals surface area (Å²) in [7, 11) is 1.96. The zero-order valence-corrected chi connectivity index (χ0v) is 8.90. The second-order valence-corrected chi connectivity index (χ2v) is 3.58. The summed E-state index contributed by atoms with van der Waals surface area (Å²) in [4.78, 5) is 4.35. The van der Waals surface area contributed by atoms with Crippen molar-refractivity contribution in [3.05, 3.63) is 30.1 Å². The predicted octanol–water partition coefficient (Wildman–Crippen LogP) is 1.33.